The number of hydrogen-bond donors (Lipinski definition) is 1. The topological polar surface area (TPSA) is 185 Å². The summed E-state index contributed by atoms with van der Waals surface area (Å²) < 4.78 is 13.3. The molecule has 0 saturated carbocycles. The van der Waals surface area contributed by atoms with Gasteiger partial charge in [0.05, 0.1) is 43.8 Å². The molecule has 5 heterocycles. The highest BCUT2D eigenvalue weighted by Gasteiger charge is 2.50. The molecule has 4 aromatic rings. The van der Waals surface area contributed by atoms with Crippen LogP contribution in [-0.4, -0.2) is 36.0 Å². The Kier molecular flexibility index (Phi) is 5.99. The Hall–Kier alpha value is -4.92. The molecule has 0 aliphatic carbocycles. The van der Waals surface area contributed by atoms with Crippen LogP contribution >= 0.6 is 15.9 Å². The molecule has 6 rings (SSSR count). The highest BCUT2D eigenvalue weighted by molar-refractivity contribution is 9.10. The SMILES string of the molecule is CC[C@@]1(OC(=O)Cn2cc(Br)c(=O)[nH]c2=O)C(=O)OCc2c1cc1n(c2=O)Cc2cc3c([N+](=O)[O-])cccc3nc2-1. The summed E-state index contributed by atoms with van der Waals surface area (Å²) in [5.74, 6) is -1.88. The fourth-order valence-electron chi connectivity index (χ4n) is 5.27. The molecule has 0 radical (unpaired) electrons. The van der Waals surface area contributed by atoms with Gasteiger partial charge in [-0.3, -0.25) is 34.0 Å². The van der Waals surface area contributed by atoms with Crippen molar-refractivity contribution in [2.45, 2.75) is 38.6 Å². The van der Waals surface area contributed by atoms with Gasteiger partial charge >= 0.3 is 17.6 Å². The molecule has 208 valence electrons. The molecule has 3 aromatic heterocycles. The van der Waals surface area contributed by atoms with E-state index < -0.39 is 45.8 Å². The highest BCUT2D eigenvalue weighted by Crippen LogP contribution is 2.41. The van der Waals surface area contributed by atoms with Crippen molar-refractivity contribution in [3.63, 3.8) is 0 Å². The average molecular weight is 624 g/mol. The summed E-state index contributed by atoms with van der Waals surface area (Å²) in [5.41, 5.74) is -2.25. The number of pyridine rings is 2. The third kappa shape index (κ3) is 3.99. The van der Waals surface area contributed by atoms with E-state index in [-0.39, 0.29) is 40.9 Å². The number of esters is 2. The van der Waals surface area contributed by atoms with E-state index in [4.69, 9.17) is 9.47 Å². The van der Waals surface area contributed by atoms with Gasteiger partial charge in [0.25, 0.3) is 16.8 Å². The van der Waals surface area contributed by atoms with Crippen LogP contribution in [0.15, 0.2) is 55.4 Å². The molecule has 2 aliphatic rings. The van der Waals surface area contributed by atoms with Gasteiger partial charge in [-0.1, -0.05) is 13.0 Å². The molecule has 0 bridgehead atoms. The summed E-state index contributed by atoms with van der Waals surface area (Å²) in [5, 5.41) is 11.9. The van der Waals surface area contributed by atoms with Crippen molar-refractivity contribution in [1.82, 2.24) is 19.1 Å². The Morgan fingerprint density at radius 2 is 2.05 bits per heavy atom. The van der Waals surface area contributed by atoms with Gasteiger partial charge in [-0.15, -0.1) is 0 Å². The number of benzene rings is 1. The Morgan fingerprint density at radius 3 is 2.78 bits per heavy atom. The number of nitro benzene ring substituents is 1. The number of carbonyl (C=O) groups excluding carboxylic acids is 2. The summed E-state index contributed by atoms with van der Waals surface area (Å²) in [4.78, 5) is 81.4. The number of fused-ring (bicyclic) bond motifs is 5. The van der Waals surface area contributed by atoms with Crippen molar-refractivity contribution in [2.75, 3.05) is 0 Å². The third-order valence-electron chi connectivity index (χ3n) is 7.25. The second kappa shape index (κ2) is 9.33. The lowest BCUT2D eigenvalue weighted by molar-refractivity contribution is -0.383. The number of aromatic nitrogens is 4. The molecule has 14 nitrogen and oxygen atoms in total. The van der Waals surface area contributed by atoms with Gasteiger partial charge in [-0.25, -0.2) is 14.6 Å². The number of H-pyrrole nitrogens is 1. The van der Waals surface area contributed by atoms with Crippen LogP contribution in [-0.2, 0) is 44.4 Å². The van der Waals surface area contributed by atoms with Crippen molar-refractivity contribution in [3.8, 4) is 11.4 Å². The van der Waals surface area contributed by atoms with Crippen LogP contribution in [0.5, 0.6) is 0 Å². The molecule has 15 heteroatoms. The molecule has 0 fully saturated rings. The lowest BCUT2D eigenvalue weighted by Crippen LogP contribution is -2.48. The number of aromatic amines is 1. The molecular weight excluding hydrogens is 606 g/mol. The number of nitro groups is 1. The first-order valence-corrected chi connectivity index (χ1v) is 13.1. The lowest BCUT2D eigenvalue weighted by atomic mass is 9.85. The standard InChI is InChI=1S/C26H18BrN5O9/c1-2-26(41-20(33)10-30-9-16(27)22(34)29-25(30)37)15-7-19-21-12(8-31(19)23(35)14(15)11-40-24(26)36)6-13-17(28-21)4-3-5-18(13)32(38)39/h3-7,9H,2,8,10-11H2,1H3,(H,29,34,37)/t26-/m0/s1. The fraction of sp³-hybridized carbons (Fsp3) is 0.231. The van der Waals surface area contributed by atoms with Crippen LogP contribution in [0, 0.1) is 10.1 Å². The first-order chi connectivity index (χ1) is 19.5. The second-order valence-corrected chi connectivity index (χ2v) is 10.4. The summed E-state index contributed by atoms with van der Waals surface area (Å²) >= 11 is 2.99. The molecule has 0 saturated heterocycles. The molecule has 0 unspecified atom stereocenters. The van der Waals surface area contributed by atoms with Gasteiger partial charge in [-0.05, 0) is 40.5 Å². The summed E-state index contributed by atoms with van der Waals surface area (Å²) in [6.45, 7) is 0.673. The first-order valence-electron chi connectivity index (χ1n) is 12.3. The molecule has 41 heavy (non-hydrogen) atoms. The quantitative estimate of drug-likeness (QED) is 0.172. The van der Waals surface area contributed by atoms with E-state index >= 15 is 0 Å². The maximum atomic E-state index is 13.7. The molecule has 0 spiro atoms. The van der Waals surface area contributed by atoms with E-state index in [1.54, 1.807) is 25.1 Å². The maximum Gasteiger partial charge on any atom is 0.355 e. The van der Waals surface area contributed by atoms with E-state index in [0.717, 1.165) is 10.8 Å². The van der Waals surface area contributed by atoms with E-state index in [1.165, 1.54) is 16.7 Å². The van der Waals surface area contributed by atoms with Crippen LogP contribution in [0.25, 0.3) is 22.3 Å². The van der Waals surface area contributed by atoms with Crippen molar-refractivity contribution in [3.05, 3.63) is 99.0 Å². The normalized spacial score (nSPS) is 17.0. The zero-order valence-corrected chi connectivity index (χ0v) is 22.7. The molecule has 0 amide bonds. The maximum absolute atomic E-state index is 13.7. The number of ether oxygens (including phenoxy) is 2. The van der Waals surface area contributed by atoms with Gasteiger partial charge in [-0.2, -0.15) is 0 Å². The minimum Gasteiger partial charge on any atom is -0.457 e. The van der Waals surface area contributed by atoms with Gasteiger partial charge in [0, 0.05) is 23.4 Å². The number of carbonyl (C=O) groups is 2. The average Bonchev–Trinajstić information content (AvgIpc) is 3.29. The van der Waals surface area contributed by atoms with Crippen molar-refractivity contribution in [1.29, 1.82) is 0 Å². The number of nitrogens with one attached hydrogen (secondary N) is 1. The van der Waals surface area contributed by atoms with Gasteiger partial charge in [0.1, 0.15) is 13.2 Å². The second-order valence-electron chi connectivity index (χ2n) is 9.51. The minimum atomic E-state index is -2.00. The molecule has 2 aliphatic heterocycles. The molecule has 1 aromatic carbocycles. The van der Waals surface area contributed by atoms with Crippen LogP contribution < -0.4 is 16.8 Å². The predicted molar refractivity (Wildman–Crippen MR) is 144 cm³/mol. The van der Waals surface area contributed by atoms with Gasteiger partial charge in [0.2, 0.25) is 5.60 Å². The van der Waals surface area contributed by atoms with Crippen molar-refractivity contribution >= 4 is 44.5 Å². The van der Waals surface area contributed by atoms with E-state index in [2.05, 4.69) is 20.9 Å². The molecular formula is C26H18BrN5O9. The van der Waals surface area contributed by atoms with Crippen LogP contribution in [0.4, 0.5) is 5.69 Å². The molecule has 1 atom stereocenters. The Bertz CT molecular complexity index is 2030. The van der Waals surface area contributed by atoms with Crippen LogP contribution in [0.2, 0.25) is 0 Å². The Labute approximate surface area is 236 Å². The molecule has 1 N–H and O–H groups in total. The summed E-state index contributed by atoms with van der Waals surface area (Å²) in [6, 6.07) is 7.68. The van der Waals surface area contributed by atoms with Gasteiger partial charge in [0.15, 0.2) is 0 Å². The van der Waals surface area contributed by atoms with E-state index in [0.29, 0.717) is 27.9 Å². The minimum absolute atomic E-state index is 0.00475. The van der Waals surface area contributed by atoms with Crippen molar-refractivity contribution in [2.24, 2.45) is 0 Å². The summed E-state index contributed by atoms with van der Waals surface area (Å²) in [7, 11) is 0. The Morgan fingerprint density at radius 1 is 1.27 bits per heavy atom. The summed E-state index contributed by atoms with van der Waals surface area (Å²) in [6.07, 6.45) is 1.02. The number of hydrogen-bond acceptors (Lipinski definition) is 10. The number of rotatable bonds is 5. The smallest absolute Gasteiger partial charge is 0.355 e. The number of cyclic esters (lactones) is 1. The van der Waals surface area contributed by atoms with Gasteiger partial charge < -0.3 is 14.0 Å². The van der Waals surface area contributed by atoms with E-state index in [9.17, 15) is 34.1 Å². The zero-order chi connectivity index (χ0) is 29.2. The number of halogens is 1. The fourth-order valence-corrected chi connectivity index (χ4v) is 5.62. The third-order valence-corrected chi connectivity index (χ3v) is 7.81. The zero-order valence-electron chi connectivity index (χ0n) is 21.1. The predicted octanol–water partition coefficient (Wildman–Crippen LogP) is 1.85. The highest BCUT2D eigenvalue weighted by atomic mass is 79.9. The largest absolute Gasteiger partial charge is 0.457 e. The van der Waals surface area contributed by atoms with Crippen molar-refractivity contribution < 1.29 is 24.0 Å². The number of non-ortho nitro benzene ring substituents is 1. The lowest BCUT2D eigenvalue weighted by Gasteiger charge is -2.35. The first kappa shape index (κ1) is 26.3. The van der Waals surface area contributed by atoms with Crippen LogP contribution in [0.3, 0.4) is 0 Å². The Balaban J connectivity index is 1.46. The van der Waals surface area contributed by atoms with Crippen LogP contribution in [0.1, 0.15) is 30.0 Å². The monoisotopic (exact) mass is 623 g/mol. The van der Waals surface area contributed by atoms with E-state index in [1.807, 2.05) is 4.98 Å². The number of nitrogens with zero attached hydrogens (tertiary/aromatic N) is 4.